The van der Waals surface area contributed by atoms with Gasteiger partial charge in [-0.1, -0.05) is 0 Å². The molecule has 0 unspecified atom stereocenters. The lowest BCUT2D eigenvalue weighted by Gasteiger charge is -2.32. The maximum atomic E-state index is 15.1. The second-order valence-electron chi connectivity index (χ2n) is 9.31. The molecule has 2 saturated heterocycles. The number of H-pyrrole nitrogens is 1. The predicted molar refractivity (Wildman–Crippen MR) is 135 cm³/mol. The van der Waals surface area contributed by atoms with Gasteiger partial charge >= 0.3 is 0 Å². The van der Waals surface area contributed by atoms with Crippen molar-refractivity contribution in [3.05, 3.63) is 48.3 Å². The van der Waals surface area contributed by atoms with E-state index >= 15 is 4.39 Å². The number of nitrogens with one attached hydrogen (secondary N) is 1. The van der Waals surface area contributed by atoms with Crippen molar-refractivity contribution in [2.24, 2.45) is 0 Å². The minimum Gasteiger partial charge on any atom is -0.378 e. The van der Waals surface area contributed by atoms with Gasteiger partial charge in [0.15, 0.2) is 11.5 Å². The molecular formula is C24H28FN7O3S. The molecule has 2 fully saturated rings. The number of piperazine rings is 1. The SMILES string of the molecule is CS(=O)(=O)N1CCN(Cc2cn3cc(-c4c(F)ccc5[nH]ccc45)nc(N4CCOCC4)c3n2)CC1. The summed E-state index contributed by atoms with van der Waals surface area (Å²) in [5.74, 6) is 0.377. The van der Waals surface area contributed by atoms with Crippen LogP contribution < -0.4 is 4.90 Å². The molecule has 190 valence electrons. The number of hydrogen-bond acceptors (Lipinski definition) is 7. The number of benzene rings is 1. The number of aromatic nitrogens is 4. The molecule has 0 atom stereocenters. The van der Waals surface area contributed by atoms with Crippen LogP contribution in [0.5, 0.6) is 0 Å². The standard InChI is InChI=1S/C24H28FN7O3S/c1-36(33,34)32-8-6-29(7-9-32)14-17-15-31-16-21(22-18-4-5-26-20(18)3-2-19(22)25)28-24(23(31)27-17)30-10-12-35-13-11-30/h2-5,15-16,26H,6-14H2,1H3. The van der Waals surface area contributed by atoms with Crippen LogP contribution in [-0.2, 0) is 21.3 Å². The van der Waals surface area contributed by atoms with Crippen molar-refractivity contribution in [2.45, 2.75) is 6.54 Å². The van der Waals surface area contributed by atoms with Crippen LogP contribution in [0, 0.1) is 5.82 Å². The van der Waals surface area contributed by atoms with Gasteiger partial charge in [-0.25, -0.2) is 22.8 Å². The van der Waals surface area contributed by atoms with E-state index in [0.29, 0.717) is 81.7 Å². The van der Waals surface area contributed by atoms with Crippen molar-refractivity contribution in [3.63, 3.8) is 0 Å². The van der Waals surface area contributed by atoms with Crippen LogP contribution in [0.1, 0.15) is 5.69 Å². The van der Waals surface area contributed by atoms with E-state index in [4.69, 9.17) is 14.7 Å². The third-order valence-corrected chi connectivity index (χ3v) is 8.21. The minimum absolute atomic E-state index is 0.328. The molecule has 1 aromatic carbocycles. The van der Waals surface area contributed by atoms with E-state index in [1.807, 2.05) is 22.9 Å². The minimum atomic E-state index is -3.18. The van der Waals surface area contributed by atoms with E-state index in [9.17, 15) is 8.42 Å². The topological polar surface area (TPSA) is 99.1 Å². The molecule has 0 spiro atoms. The Hall–Kier alpha value is -3.06. The van der Waals surface area contributed by atoms with Crippen molar-refractivity contribution in [1.82, 2.24) is 28.6 Å². The van der Waals surface area contributed by atoms with Gasteiger partial charge in [-0.3, -0.25) is 4.90 Å². The fourth-order valence-corrected chi connectivity index (χ4v) is 5.86. The van der Waals surface area contributed by atoms with E-state index in [2.05, 4.69) is 14.8 Å². The van der Waals surface area contributed by atoms with Gasteiger partial charge in [0, 0.05) is 80.9 Å². The molecule has 2 aliphatic rings. The van der Waals surface area contributed by atoms with Crippen molar-refractivity contribution < 1.29 is 17.5 Å². The number of nitrogens with zero attached hydrogens (tertiary/aromatic N) is 6. The molecule has 2 aliphatic heterocycles. The summed E-state index contributed by atoms with van der Waals surface area (Å²) in [6.45, 7) is 5.36. The molecular weight excluding hydrogens is 485 g/mol. The van der Waals surface area contributed by atoms with E-state index in [-0.39, 0.29) is 5.82 Å². The first-order valence-corrected chi connectivity index (χ1v) is 13.9. The Bertz CT molecular complexity index is 1520. The molecule has 0 amide bonds. The average Bonchev–Trinajstić information content (AvgIpc) is 3.50. The molecule has 0 aliphatic carbocycles. The molecule has 12 heteroatoms. The lowest BCUT2D eigenvalue weighted by molar-refractivity contribution is 0.122. The van der Waals surface area contributed by atoms with Crippen molar-refractivity contribution in [2.75, 3.05) is 63.6 Å². The van der Waals surface area contributed by atoms with E-state index in [0.717, 1.165) is 16.6 Å². The molecule has 3 aromatic heterocycles. The zero-order valence-electron chi connectivity index (χ0n) is 20.0. The molecule has 6 rings (SSSR count). The summed E-state index contributed by atoms with van der Waals surface area (Å²) < 4.78 is 47.8. The summed E-state index contributed by atoms with van der Waals surface area (Å²) in [5.41, 5.74) is 3.42. The number of ether oxygens (including phenoxy) is 1. The number of anilines is 1. The summed E-state index contributed by atoms with van der Waals surface area (Å²) in [4.78, 5) is 17.3. The zero-order chi connectivity index (χ0) is 24.9. The van der Waals surface area contributed by atoms with Gasteiger partial charge in [-0.05, 0) is 18.2 Å². The summed E-state index contributed by atoms with van der Waals surface area (Å²) in [6.07, 6.45) is 6.85. The largest absolute Gasteiger partial charge is 0.378 e. The molecule has 0 bridgehead atoms. The molecule has 10 nitrogen and oxygen atoms in total. The number of imidazole rings is 1. The highest BCUT2D eigenvalue weighted by Crippen LogP contribution is 2.32. The first-order chi connectivity index (χ1) is 17.4. The van der Waals surface area contributed by atoms with Crippen LogP contribution in [0.2, 0.25) is 0 Å². The third kappa shape index (κ3) is 4.34. The number of halogens is 1. The van der Waals surface area contributed by atoms with Crippen LogP contribution in [0.15, 0.2) is 36.8 Å². The van der Waals surface area contributed by atoms with Gasteiger partial charge < -0.3 is 19.0 Å². The first-order valence-electron chi connectivity index (χ1n) is 12.0. The highest BCUT2D eigenvalue weighted by atomic mass is 32.2. The Kier molecular flexibility index (Phi) is 5.91. The molecule has 1 N–H and O–H groups in total. The maximum absolute atomic E-state index is 15.1. The number of rotatable bonds is 5. The Balaban J connectivity index is 1.38. The summed E-state index contributed by atoms with van der Waals surface area (Å²) >= 11 is 0. The number of aromatic amines is 1. The van der Waals surface area contributed by atoms with Crippen molar-refractivity contribution in [3.8, 4) is 11.3 Å². The predicted octanol–water partition coefficient (Wildman–Crippen LogP) is 1.93. The first kappa shape index (κ1) is 23.3. The Labute approximate surface area is 208 Å². The van der Waals surface area contributed by atoms with Gasteiger partial charge in [0.2, 0.25) is 10.0 Å². The molecule has 4 aromatic rings. The zero-order valence-corrected chi connectivity index (χ0v) is 20.8. The number of morpholine rings is 1. The highest BCUT2D eigenvalue weighted by Gasteiger charge is 2.25. The second kappa shape index (κ2) is 9.11. The number of fused-ring (bicyclic) bond motifs is 2. The maximum Gasteiger partial charge on any atom is 0.211 e. The normalized spacial score (nSPS) is 18.4. The Morgan fingerprint density at radius 3 is 2.56 bits per heavy atom. The fourth-order valence-electron chi connectivity index (χ4n) is 5.03. The van der Waals surface area contributed by atoms with Crippen molar-refractivity contribution >= 4 is 32.4 Å². The smallest absolute Gasteiger partial charge is 0.211 e. The lowest BCUT2D eigenvalue weighted by Crippen LogP contribution is -2.47. The van der Waals surface area contributed by atoms with Gasteiger partial charge in [0.25, 0.3) is 0 Å². The van der Waals surface area contributed by atoms with Gasteiger partial charge in [-0.2, -0.15) is 4.31 Å². The van der Waals surface area contributed by atoms with E-state index in [1.54, 1.807) is 12.3 Å². The number of sulfonamides is 1. The van der Waals surface area contributed by atoms with Gasteiger partial charge in [0.1, 0.15) is 5.82 Å². The molecule has 0 radical (unpaired) electrons. The van der Waals surface area contributed by atoms with E-state index in [1.165, 1.54) is 16.6 Å². The Morgan fingerprint density at radius 2 is 1.81 bits per heavy atom. The van der Waals surface area contributed by atoms with Crippen LogP contribution in [0.3, 0.4) is 0 Å². The number of hydrogen-bond donors (Lipinski definition) is 1. The van der Waals surface area contributed by atoms with Crippen LogP contribution in [0.25, 0.3) is 27.8 Å². The van der Waals surface area contributed by atoms with Crippen LogP contribution in [0.4, 0.5) is 10.2 Å². The Morgan fingerprint density at radius 1 is 1.03 bits per heavy atom. The van der Waals surface area contributed by atoms with E-state index < -0.39 is 10.0 Å². The molecule has 5 heterocycles. The van der Waals surface area contributed by atoms with Gasteiger partial charge in [0.05, 0.1) is 30.9 Å². The van der Waals surface area contributed by atoms with Crippen molar-refractivity contribution in [1.29, 1.82) is 0 Å². The van der Waals surface area contributed by atoms with Gasteiger partial charge in [-0.15, -0.1) is 0 Å². The summed E-state index contributed by atoms with van der Waals surface area (Å²) in [6, 6.07) is 5.06. The quantitative estimate of drug-likeness (QED) is 0.435. The third-order valence-electron chi connectivity index (χ3n) is 6.91. The van der Waals surface area contributed by atoms with Crippen LogP contribution in [-0.4, -0.2) is 95.7 Å². The molecule has 36 heavy (non-hydrogen) atoms. The lowest BCUT2D eigenvalue weighted by atomic mass is 10.1. The average molecular weight is 514 g/mol. The second-order valence-corrected chi connectivity index (χ2v) is 11.3. The molecule has 0 saturated carbocycles. The monoisotopic (exact) mass is 513 g/mol. The highest BCUT2D eigenvalue weighted by molar-refractivity contribution is 7.88. The summed E-state index contributed by atoms with van der Waals surface area (Å²) in [7, 11) is -3.18. The van der Waals surface area contributed by atoms with Crippen LogP contribution >= 0.6 is 0 Å². The fraction of sp³-hybridized carbons (Fsp3) is 0.417. The summed E-state index contributed by atoms with van der Waals surface area (Å²) in [5, 5.41) is 0.777.